The molecule has 1 heterocycles. The zero-order valence-electron chi connectivity index (χ0n) is 26.3. The van der Waals surface area contributed by atoms with Gasteiger partial charge in [0.1, 0.15) is 12.1 Å². The molecule has 3 aliphatic rings. The molecule has 0 bridgehead atoms. The number of amides is 5. The summed E-state index contributed by atoms with van der Waals surface area (Å²) in [5, 5.41) is 8.62. The van der Waals surface area contributed by atoms with Crippen LogP contribution in [0.2, 0.25) is 0 Å². The number of carbonyl (C=O) groups is 5. The number of primary amides is 1. The Labute approximate surface area is 244 Å². The topological polar surface area (TPSA) is 160 Å². The SMILES string of the molecule is COC[C@@H](NC(=O)NC(C(=O)N1C[C@H]2[C@@H](C1C(=O)NC(CC1CCC1)C(=O)C(N)=O)C2(C)C)C(C)(C)C)C(C)(C)C. The maximum Gasteiger partial charge on any atom is 0.315 e. The maximum atomic E-state index is 14.1. The molecule has 5 N–H and O–H groups in total. The number of methoxy groups -OCH3 is 1. The molecule has 11 heteroatoms. The van der Waals surface area contributed by atoms with Crippen LogP contribution in [0, 0.1) is 34.0 Å². The smallest absolute Gasteiger partial charge is 0.315 e. The molecule has 41 heavy (non-hydrogen) atoms. The fraction of sp³-hybridized carbons (Fsp3) is 0.833. The molecule has 2 saturated carbocycles. The van der Waals surface area contributed by atoms with Gasteiger partial charge in [0.25, 0.3) is 5.91 Å². The number of urea groups is 1. The molecule has 3 rings (SSSR count). The maximum absolute atomic E-state index is 14.1. The number of carbonyl (C=O) groups excluding carboxylic acids is 5. The molecule has 0 spiro atoms. The van der Waals surface area contributed by atoms with E-state index in [1.807, 2.05) is 41.5 Å². The summed E-state index contributed by atoms with van der Waals surface area (Å²) in [5.74, 6) is -2.45. The van der Waals surface area contributed by atoms with Crippen molar-refractivity contribution in [1.29, 1.82) is 0 Å². The van der Waals surface area contributed by atoms with Crippen molar-refractivity contribution in [2.75, 3.05) is 20.3 Å². The Morgan fingerprint density at radius 2 is 1.59 bits per heavy atom. The van der Waals surface area contributed by atoms with Gasteiger partial charge < -0.3 is 31.3 Å². The van der Waals surface area contributed by atoms with Gasteiger partial charge in [-0.1, -0.05) is 74.7 Å². The van der Waals surface area contributed by atoms with E-state index in [1.54, 1.807) is 12.0 Å². The summed E-state index contributed by atoms with van der Waals surface area (Å²) in [7, 11) is 1.57. The van der Waals surface area contributed by atoms with Gasteiger partial charge in [-0.15, -0.1) is 0 Å². The number of ether oxygens (including phenoxy) is 1. The molecule has 0 aromatic carbocycles. The molecule has 3 unspecified atom stereocenters. The van der Waals surface area contributed by atoms with Crippen LogP contribution in [0.5, 0.6) is 0 Å². The van der Waals surface area contributed by atoms with Gasteiger partial charge in [0.2, 0.25) is 17.6 Å². The Morgan fingerprint density at radius 1 is 0.976 bits per heavy atom. The number of rotatable bonds is 11. The second kappa shape index (κ2) is 11.9. The highest BCUT2D eigenvalue weighted by Crippen LogP contribution is 2.65. The summed E-state index contributed by atoms with van der Waals surface area (Å²) in [5.41, 5.74) is 4.21. The van der Waals surface area contributed by atoms with E-state index in [-0.39, 0.29) is 40.5 Å². The van der Waals surface area contributed by atoms with Crippen molar-refractivity contribution in [3.8, 4) is 0 Å². The Kier molecular flexibility index (Phi) is 9.52. The minimum Gasteiger partial charge on any atom is -0.383 e. The van der Waals surface area contributed by atoms with Crippen LogP contribution >= 0.6 is 0 Å². The van der Waals surface area contributed by atoms with Gasteiger partial charge in [-0.3, -0.25) is 19.2 Å². The fourth-order valence-electron chi connectivity index (χ4n) is 6.36. The van der Waals surface area contributed by atoms with E-state index in [2.05, 4.69) is 29.8 Å². The summed E-state index contributed by atoms with van der Waals surface area (Å²) >= 11 is 0. The lowest BCUT2D eigenvalue weighted by atomic mass is 9.80. The van der Waals surface area contributed by atoms with E-state index < -0.39 is 47.2 Å². The fourth-order valence-corrected chi connectivity index (χ4v) is 6.36. The zero-order chi connectivity index (χ0) is 31.1. The summed E-state index contributed by atoms with van der Waals surface area (Å²) in [6.07, 6.45) is 3.28. The van der Waals surface area contributed by atoms with E-state index in [1.165, 1.54) is 0 Å². The molecule has 0 radical (unpaired) electrons. The molecule has 6 atom stereocenters. The predicted molar refractivity (Wildman–Crippen MR) is 154 cm³/mol. The highest BCUT2D eigenvalue weighted by atomic mass is 16.5. The van der Waals surface area contributed by atoms with Crippen LogP contribution in [-0.2, 0) is 23.9 Å². The molecule has 232 valence electrons. The lowest BCUT2D eigenvalue weighted by Gasteiger charge is -2.39. The summed E-state index contributed by atoms with van der Waals surface area (Å²) in [4.78, 5) is 67.0. The van der Waals surface area contributed by atoms with Crippen LogP contribution in [-0.4, -0.2) is 78.9 Å². The van der Waals surface area contributed by atoms with Gasteiger partial charge in [0.05, 0.1) is 18.7 Å². The Balaban J connectivity index is 1.82. The van der Waals surface area contributed by atoms with Crippen LogP contribution in [0.4, 0.5) is 4.79 Å². The number of Topliss-reactive ketones (excluding diaryl/α,β-unsaturated/α-hetero) is 1. The Hall–Kier alpha value is -2.69. The van der Waals surface area contributed by atoms with E-state index >= 15 is 0 Å². The third-order valence-electron chi connectivity index (χ3n) is 9.50. The molecule has 0 aromatic rings. The second-order valence-electron chi connectivity index (χ2n) is 15.0. The van der Waals surface area contributed by atoms with Gasteiger partial charge in [0.15, 0.2) is 0 Å². The van der Waals surface area contributed by atoms with Gasteiger partial charge in [-0.2, -0.15) is 0 Å². The largest absolute Gasteiger partial charge is 0.383 e. The Morgan fingerprint density at radius 3 is 2.05 bits per heavy atom. The summed E-state index contributed by atoms with van der Waals surface area (Å²) in [6, 6.07) is -3.54. The number of fused-ring (bicyclic) bond motifs is 1. The lowest BCUT2D eigenvalue weighted by Crippen LogP contribution is -2.62. The van der Waals surface area contributed by atoms with Crippen molar-refractivity contribution in [2.45, 2.75) is 105 Å². The number of hydrogen-bond acceptors (Lipinski definition) is 6. The minimum atomic E-state index is -1.08. The number of nitrogens with one attached hydrogen (secondary N) is 3. The molecular weight excluding hydrogens is 526 g/mol. The van der Waals surface area contributed by atoms with Gasteiger partial charge in [0, 0.05) is 13.7 Å². The number of piperidine rings is 1. The molecule has 1 aliphatic heterocycles. The number of likely N-dealkylation sites (tertiary alicyclic amines) is 1. The zero-order valence-corrected chi connectivity index (χ0v) is 26.3. The van der Waals surface area contributed by atoms with E-state index in [0.717, 1.165) is 19.3 Å². The first kappa shape index (κ1) is 32.8. The quantitative estimate of drug-likeness (QED) is 0.275. The highest BCUT2D eigenvalue weighted by molar-refractivity contribution is 6.37. The first-order valence-electron chi connectivity index (χ1n) is 14.8. The highest BCUT2D eigenvalue weighted by Gasteiger charge is 2.70. The molecule has 11 nitrogen and oxygen atoms in total. The second-order valence-corrected chi connectivity index (χ2v) is 15.0. The summed E-state index contributed by atoms with van der Waals surface area (Å²) in [6.45, 7) is 16.4. The molecule has 2 aliphatic carbocycles. The summed E-state index contributed by atoms with van der Waals surface area (Å²) < 4.78 is 5.29. The normalized spacial score (nSPS) is 25.7. The van der Waals surface area contributed by atoms with Crippen LogP contribution in [0.1, 0.15) is 81.1 Å². The first-order chi connectivity index (χ1) is 18.8. The van der Waals surface area contributed by atoms with Gasteiger partial charge in [-0.05, 0) is 40.4 Å². The molecule has 1 saturated heterocycles. The number of ketones is 1. The lowest BCUT2D eigenvalue weighted by molar-refractivity contribution is -0.145. The van der Waals surface area contributed by atoms with E-state index in [0.29, 0.717) is 19.6 Å². The van der Waals surface area contributed by atoms with Crippen molar-refractivity contribution >= 4 is 29.5 Å². The van der Waals surface area contributed by atoms with Crippen molar-refractivity contribution in [3.63, 3.8) is 0 Å². The number of hydrogen-bond donors (Lipinski definition) is 4. The molecule has 5 amide bonds. The average Bonchev–Trinajstić information content (AvgIpc) is 3.14. The first-order valence-corrected chi connectivity index (χ1v) is 14.8. The van der Waals surface area contributed by atoms with Crippen molar-refractivity contribution in [1.82, 2.24) is 20.9 Å². The predicted octanol–water partition coefficient (Wildman–Crippen LogP) is 1.97. The van der Waals surface area contributed by atoms with E-state index in [4.69, 9.17) is 10.5 Å². The van der Waals surface area contributed by atoms with Crippen molar-refractivity contribution in [2.24, 2.45) is 39.7 Å². The van der Waals surface area contributed by atoms with Gasteiger partial charge in [-0.25, -0.2) is 4.79 Å². The molecular formula is C30H51N5O6. The third-order valence-corrected chi connectivity index (χ3v) is 9.50. The Bertz CT molecular complexity index is 1040. The van der Waals surface area contributed by atoms with Crippen LogP contribution < -0.4 is 21.7 Å². The van der Waals surface area contributed by atoms with Gasteiger partial charge >= 0.3 is 6.03 Å². The van der Waals surface area contributed by atoms with Crippen LogP contribution in [0.15, 0.2) is 0 Å². The average molecular weight is 578 g/mol. The number of nitrogens with zero attached hydrogens (tertiary/aromatic N) is 1. The van der Waals surface area contributed by atoms with Crippen LogP contribution in [0.3, 0.4) is 0 Å². The van der Waals surface area contributed by atoms with Crippen LogP contribution in [0.25, 0.3) is 0 Å². The molecule has 3 fully saturated rings. The molecule has 0 aromatic heterocycles. The standard InChI is InChI=1S/C30H51N5O6/c1-28(2,3)19(15-41-9)33-27(40)34-23(29(4,5)6)26(39)35-14-17-20(30(17,7)8)21(35)25(38)32-18(22(36)24(31)37)13-16-11-10-12-16/h16-21,23H,10-15H2,1-9H3,(H2,31,37)(H,32,38)(H2,33,34,40)/t17-,18?,19+,20-,21?,23?/m0/s1. The van der Waals surface area contributed by atoms with Crippen molar-refractivity contribution in [3.05, 3.63) is 0 Å². The monoisotopic (exact) mass is 577 g/mol. The minimum absolute atomic E-state index is 0.0964. The van der Waals surface area contributed by atoms with E-state index in [9.17, 15) is 24.0 Å². The van der Waals surface area contributed by atoms with Crippen molar-refractivity contribution < 1.29 is 28.7 Å². The third kappa shape index (κ3) is 7.21. The number of nitrogens with two attached hydrogens (primary N) is 1.